The number of anilines is 2. The number of rotatable bonds is 5. The molecule has 0 unspecified atom stereocenters. The maximum atomic E-state index is 11.5. The predicted molar refractivity (Wildman–Crippen MR) is 103 cm³/mol. The van der Waals surface area contributed by atoms with Gasteiger partial charge in [0.2, 0.25) is 0 Å². The van der Waals surface area contributed by atoms with Crippen LogP contribution < -0.4 is 15.7 Å². The van der Waals surface area contributed by atoms with Gasteiger partial charge in [0.15, 0.2) is 6.61 Å². The van der Waals surface area contributed by atoms with Crippen LogP contribution in [0.1, 0.15) is 11.5 Å². The predicted octanol–water partition coefficient (Wildman–Crippen LogP) is 4.57. The molecular weight excluding hydrogens is 414 g/mol. The number of hydrogen-bond donors (Lipinski definition) is 1. The van der Waals surface area contributed by atoms with E-state index in [1.807, 2.05) is 37.3 Å². The number of hydrogen-bond acceptors (Lipinski definition) is 7. The van der Waals surface area contributed by atoms with E-state index < -0.39 is 5.63 Å². The highest BCUT2D eigenvalue weighted by molar-refractivity contribution is 9.10. The second-order valence-corrected chi connectivity index (χ2v) is 6.74. The highest BCUT2D eigenvalue weighted by atomic mass is 79.9. The van der Waals surface area contributed by atoms with Crippen molar-refractivity contribution in [1.29, 1.82) is 0 Å². The fourth-order valence-corrected chi connectivity index (χ4v) is 2.82. The molecule has 0 aliphatic rings. The maximum Gasteiger partial charge on any atom is 0.336 e. The minimum atomic E-state index is -0.391. The molecule has 2 heterocycles. The van der Waals surface area contributed by atoms with Crippen LogP contribution in [-0.4, -0.2) is 10.2 Å². The first-order valence-electron chi connectivity index (χ1n) is 8.09. The van der Waals surface area contributed by atoms with Crippen LogP contribution in [0.5, 0.6) is 5.75 Å². The third kappa shape index (κ3) is 4.01. The molecule has 0 saturated heterocycles. The summed E-state index contributed by atoms with van der Waals surface area (Å²) >= 11 is 3.38. The standard InChI is InChI=1S/C19H14BrN3O4/c1-11-8-18(24)26-16-9-14(6-7-15(11)16)25-10-17-22-23-19(27-17)21-13-4-2-12(20)3-5-13/h2-9H,10H2,1H3,(H,21,23). The molecule has 4 rings (SSSR count). The van der Waals surface area contributed by atoms with Crippen LogP contribution in [0.3, 0.4) is 0 Å². The first kappa shape index (κ1) is 17.3. The van der Waals surface area contributed by atoms with Crippen LogP contribution >= 0.6 is 15.9 Å². The van der Waals surface area contributed by atoms with Crippen molar-refractivity contribution in [3.63, 3.8) is 0 Å². The van der Waals surface area contributed by atoms with Gasteiger partial charge >= 0.3 is 11.6 Å². The Labute approximate surface area is 162 Å². The Bertz CT molecular complexity index is 1150. The van der Waals surface area contributed by atoms with Crippen LogP contribution in [0.25, 0.3) is 11.0 Å². The minimum absolute atomic E-state index is 0.0938. The smallest absolute Gasteiger partial charge is 0.336 e. The summed E-state index contributed by atoms with van der Waals surface area (Å²) in [5, 5.41) is 11.8. The van der Waals surface area contributed by atoms with Gasteiger partial charge in [-0.3, -0.25) is 0 Å². The Morgan fingerprint density at radius 3 is 2.70 bits per heavy atom. The molecule has 27 heavy (non-hydrogen) atoms. The summed E-state index contributed by atoms with van der Waals surface area (Å²) in [4.78, 5) is 11.5. The zero-order chi connectivity index (χ0) is 18.8. The zero-order valence-electron chi connectivity index (χ0n) is 14.2. The van der Waals surface area contributed by atoms with Gasteiger partial charge in [0.05, 0.1) is 0 Å². The monoisotopic (exact) mass is 427 g/mol. The van der Waals surface area contributed by atoms with E-state index >= 15 is 0 Å². The highest BCUT2D eigenvalue weighted by Crippen LogP contribution is 2.23. The first-order valence-corrected chi connectivity index (χ1v) is 8.88. The van der Waals surface area contributed by atoms with E-state index in [1.165, 1.54) is 6.07 Å². The van der Waals surface area contributed by atoms with Gasteiger partial charge in [-0.25, -0.2) is 4.79 Å². The maximum absolute atomic E-state index is 11.5. The average Bonchev–Trinajstić information content (AvgIpc) is 3.09. The third-order valence-corrected chi connectivity index (χ3v) is 4.38. The first-order chi connectivity index (χ1) is 13.1. The van der Waals surface area contributed by atoms with Crippen LogP contribution in [0.15, 0.2) is 66.6 Å². The zero-order valence-corrected chi connectivity index (χ0v) is 15.8. The van der Waals surface area contributed by atoms with E-state index in [4.69, 9.17) is 13.6 Å². The van der Waals surface area contributed by atoms with E-state index in [0.29, 0.717) is 17.2 Å². The van der Waals surface area contributed by atoms with Crippen LogP contribution in [-0.2, 0) is 6.61 Å². The quantitative estimate of drug-likeness (QED) is 0.466. The van der Waals surface area contributed by atoms with Crippen LogP contribution in [0.4, 0.5) is 11.7 Å². The van der Waals surface area contributed by atoms with Crippen molar-refractivity contribution < 1.29 is 13.6 Å². The molecule has 1 N–H and O–H groups in total. The Morgan fingerprint density at radius 2 is 1.89 bits per heavy atom. The summed E-state index contributed by atoms with van der Waals surface area (Å²) in [5.41, 5.74) is 1.76. The molecule has 0 aliphatic carbocycles. The van der Waals surface area contributed by atoms with Gasteiger partial charge in [-0.2, -0.15) is 0 Å². The Balaban J connectivity index is 1.44. The second-order valence-electron chi connectivity index (χ2n) is 5.83. The molecule has 0 radical (unpaired) electrons. The normalized spacial score (nSPS) is 10.9. The van der Waals surface area contributed by atoms with Gasteiger partial charge in [0, 0.05) is 27.7 Å². The second kappa shape index (κ2) is 7.24. The SMILES string of the molecule is Cc1cc(=O)oc2cc(OCc3nnc(Nc4ccc(Br)cc4)o3)ccc12. The molecule has 8 heteroatoms. The van der Waals surface area contributed by atoms with E-state index in [0.717, 1.165) is 21.1 Å². The lowest BCUT2D eigenvalue weighted by molar-refractivity contribution is 0.265. The summed E-state index contributed by atoms with van der Waals surface area (Å²) in [6.07, 6.45) is 0. The molecule has 2 aromatic heterocycles. The number of fused-ring (bicyclic) bond motifs is 1. The van der Waals surface area contributed by atoms with Gasteiger partial charge < -0.3 is 18.9 Å². The molecule has 0 bridgehead atoms. The van der Waals surface area contributed by atoms with Crippen molar-refractivity contribution in [2.75, 3.05) is 5.32 Å². The topological polar surface area (TPSA) is 90.4 Å². The minimum Gasteiger partial charge on any atom is -0.484 e. The molecule has 0 saturated carbocycles. The molecular formula is C19H14BrN3O4. The summed E-state index contributed by atoms with van der Waals surface area (Å²) in [5.74, 6) is 0.859. The molecule has 0 spiro atoms. The van der Waals surface area contributed by atoms with Gasteiger partial charge in [0.1, 0.15) is 11.3 Å². The Kier molecular flexibility index (Phi) is 4.64. The Morgan fingerprint density at radius 1 is 1.07 bits per heavy atom. The van der Waals surface area contributed by atoms with Crippen molar-refractivity contribution in [3.8, 4) is 5.75 Å². The molecule has 0 fully saturated rings. The summed E-state index contributed by atoms with van der Waals surface area (Å²) < 4.78 is 17.4. The van der Waals surface area contributed by atoms with E-state index in [-0.39, 0.29) is 12.6 Å². The van der Waals surface area contributed by atoms with E-state index in [1.54, 1.807) is 12.1 Å². The number of ether oxygens (including phenoxy) is 1. The van der Waals surface area contributed by atoms with Crippen molar-refractivity contribution in [1.82, 2.24) is 10.2 Å². The van der Waals surface area contributed by atoms with Crippen molar-refractivity contribution >= 4 is 38.6 Å². The summed E-state index contributed by atoms with van der Waals surface area (Å²) in [6.45, 7) is 1.95. The van der Waals surface area contributed by atoms with Crippen LogP contribution in [0, 0.1) is 6.92 Å². The molecule has 7 nitrogen and oxygen atoms in total. The van der Waals surface area contributed by atoms with Gasteiger partial charge in [-0.05, 0) is 48.9 Å². The third-order valence-electron chi connectivity index (χ3n) is 3.85. The fraction of sp³-hybridized carbons (Fsp3) is 0.105. The van der Waals surface area contributed by atoms with Gasteiger partial charge in [-0.1, -0.05) is 21.0 Å². The van der Waals surface area contributed by atoms with Crippen molar-refractivity contribution in [3.05, 3.63) is 74.9 Å². The highest BCUT2D eigenvalue weighted by Gasteiger charge is 2.09. The molecule has 136 valence electrons. The number of halogens is 1. The van der Waals surface area contributed by atoms with Gasteiger partial charge in [-0.15, -0.1) is 5.10 Å². The summed E-state index contributed by atoms with van der Waals surface area (Å²) in [7, 11) is 0. The lowest BCUT2D eigenvalue weighted by atomic mass is 10.1. The number of nitrogens with one attached hydrogen (secondary N) is 1. The van der Waals surface area contributed by atoms with Gasteiger partial charge in [0.25, 0.3) is 5.89 Å². The lowest BCUT2D eigenvalue weighted by Crippen LogP contribution is -1.99. The van der Waals surface area contributed by atoms with E-state index in [2.05, 4.69) is 31.4 Å². The molecule has 0 amide bonds. The van der Waals surface area contributed by atoms with E-state index in [9.17, 15) is 4.79 Å². The number of nitrogens with zero attached hydrogens (tertiary/aromatic N) is 2. The largest absolute Gasteiger partial charge is 0.484 e. The average molecular weight is 428 g/mol. The summed E-state index contributed by atoms with van der Waals surface area (Å²) in [6, 6.07) is 14.6. The number of benzene rings is 2. The molecule has 0 aliphatic heterocycles. The van der Waals surface area contributed by atoms with Crippen molar-refractivity contribution in [2.45, 2.75) is 13.5 Å². The fourth-order valence-electron chi connectivity index (χ4n) is 2.56. The molecule has 0 atom stereocenters. The number of aromatic nitrogens is 2. The molecule has 4 aromatic rings. The molecule has 2 aromatic carbocycles. The Hall–Kier alpha value is -3.13. The van der Waals surface area contributed by atoms with Crippen molar-refractivity contribution in [2.24, 2.45) is 0 Å². The number of aryl methyl sites for hydroxylation is 1. The van der Waals surface area contributed by atoms with Crippen LogP contribution in [0.2, 0.25) is 0 Å². The lowest BCUT2D eigenvalue weighted by Gasteiger charge is -2.05.